The summed E-state index contributed by atoms with van der Waals surface area (Å²) < 4.78 is 13.6. The van der Waals surface area contributed by atoms with Crippen LogP contribution < -0.4 is 10.2 Å². The third kappa shape index (κ3) is 4.16. The van der Waals surface area contributed by atoms with Crippen LogP contribution in [0.3, 0.4) is 0 Å². The standard InChI is InChI=1S/C18H19FN2O2/c1-12-8-9-13(2)17(10-12)21(14(3)22)11-18(23)20-16-7-5-4-6-15(16)19/h4-10H,11H2,1-3H3,(H,20,23). The van der Waals surface area contributed by atoms with Gasteiger partial charge >= 0.3 is 0 Å². The molecule has 0 spiro atoms. The lowest BCUT2D eigenvalue weighted by Crippen LogP contribution is -2.37. The predicted octanol–water partition coefficient (Wildman–Crippen LogP) is 3.43. The number of benzene rings is 2. The molecule has 0 radical (unpaired) electrons. The van der Waals surface area contributed by atoms with Crippen molar-refractivity contribution < 1.29 is 14.0 Å². The highest BCUT2D eigenvalue weighted by atomic mass is 19.1. The number of nitrogens with one attached hydrogen (secondary N) is 1. The number of nitrogens with zero attached hydrogens (tertiary/aromatic N) is 1. The number of rotatable bonds is 4. The van der Waals surface area contributed by atoms with Crippen LogP contribution >= 0.6 is 0 Å². The first-order valence-electron chi connectivity index (χ1n) is 7.28. The Kier molecular flexibility index (Phi) is 5.11. The second-order valence-electron chi connectivity index (χ2n) is 5.42. The van der Waals surface area contributed by atoms with Crippen LogP contribution in [0.25, 0.3) is 0 Å². The molecule has 0 saturated heterocycles. The Morgan fingerprint density at radius 2 is 1.83 bits per heavy atom. The molecule has 23 heavy (non-hydrogen) atoms. The number of hydrogen-bond acceptors (Lipinski definition) is 2. The van der Waals surface area contributed by atoms with Gasteiger partial charge in [0.05, 0.1) is 5.69 Å². The summed E-state index contributed by atoms with van der Waals surface area (Å²) >= 11 is 0. The molecular formula is C18H19FN2O2. The largest absolute Gasteiger partial charge is 0.322 e. The van der Waals surface area contributed by atoms with E-state index >= 15 is 0 Å². The maximum absolute atomic E-state index is 13.6. The summed E-state index contributed by atoms with van der Waals surface area (Å²) in [6, 6.07) is 11.6. The molecule has 1 N–H and O–H groups in total. The van der Waals surface area contributed by atoms with Gasteiger partial charge in [0.25, 0.3) is 0 Å². The van der Waals surface area contributed by atoms with Crippen molar-refractivity contribution in [3.63, 3.8) is 0 Å². The Morgan fingerprint density at radius 3 is 2.48 bits per heavy atom. The molecule has 0 fully saturated rings. The zero-order chi connectivity index (χ0) is 17.0. The molecular weight excluding hydrogens is 295 g/mol. The average Bonchev–Trinajstić information content (AvgIpc) is 2.49. The van der Waals surface area contributed by atoms with E-state index in [0.29, 0.717) is 5.69 Å². The number of carbonyl (C=O) groups excluding carboxylic acids is 2. The zero-order valence-electron chi connectivity index (χ0n) is 13.4. The van der Waals surface area contributed by atoms with Crippen LogP contribution in [0.1, 0.15) is 18.1 Å². The minimum Gasteiger partial charge on any atom is -0.322 e. The highest BCUT2D eigenvalue weighted by Gasteiger charge is 2.18. The number of amides is 2. The first kappa shape index (κ1) is 16.7. The van der Waals surface area contributed by atoms with Crippen molar-refractivity contribution in [1.82, 2.24) is 0 Å². The Hall–Kier alpha value is -2.69. The molecule has 0 aliphatic carbocycles. The lowest BCUT2D eigenvalue weighted by atomic mass is 10.1. The van der Waals surface area contributed by atoms with Gasteiger partial charge in [-0.3, -0.25) is 9.59 Å². The minimum atomic E-state index is -0.512. The molecule has 2 aromatic carbocycles. The third-order valence-corrected chi connectivity index (χ3v) is 3.49. The fourth-order valence-electron chi connectivity index (χ4n) is 2.27. The maximum Gasteiger partial charge on any atom is 0.244 e. The van der Waals surface area contributed by atoms with Crippen molar-refractivity contribution in [2.24, 2.45) is 0 Å². The number of para-hydroxylation sites is 1. The van der Waals surface area contributed by atoms with E-state index < -0.39 is 11.7 Å². The first-order chi connectivity index (χ1) is 10.9. The van der Waals surface area contributed by atoms with Gasteiger partial charge in [-0.1, -0.05) is 24.3 Å². The molecule has 0 saturated carbocycles. The van der Waals surface area contributed by atoms with Crippen molar-refractivity contribution in [1.29, 1.82) is 0 Å². The Morgan fingerprint density at radius 1 is 1.13 bits per heavy atom. The topological polar surface area (TPSA) is 49.4 Å². The van der Waals surface area contributed by atoms with E-state index in [4.69, 9.17) is 0 Å². The van der Waals surface area contributed by atoms with Gasteiger partial charge in [-0.05, 0) is 43.2 Å². The Bertz CT molecular complexity index is 744. The summed E-state index contributed by atoms with van der Waals surface area (Å²) in [6.45, 7) is 5.02. The Balaban J connectivity index is 2.20. The molecule has 0 atom stereocenters. The average molecular weight is 314 g/mol. The highest BCUT2D eigenvalue weighted by Crippen LogP contribution is 2.22. The quantitative estimate of drug-likeness (QED) is 0.940. The molecule has 4 nitrogen and oxygen atoms in total. The third-order valence-electron chi connectivity index (χ3n) is 3.49. The minimum absolute atomic E-state index is 0.0990. The normalized spacial score (nSPS) is 10.3. The second kappa shape index (κ2) is 7.05. The summed E-state index contributed by atoms with van der Waals surface area (Å²) in [5.41, 5.74) is 2.67. The van der Waals surface area contributed by atoms with Gasteiger partial charge in [0.2, 0.25) is 11.8 Å². The van der Waals surface area contributed by atoms with Gasteiger partial charge in [-0.15, -0.1) is 0 Å². The molecule has 0 heterocycles. The van der Waals surface area contributed by atoms with Crippen molar-refractivity contribution >= 4 is 23.2 Å². The van der Waals surface area contributed by atoms with Crippen molar-refractivity contribution in [2.45, 2.75) is 20.8 Å². The molecule has 2 aromatic rings. The van der Waals surface area contributed by atoms with Crippen LogP contribution in [-0.4, -0.2) is 18.4 Å². The Labute approximate surface area is 134 Å². The fraction of sp³-hybridized carbons (Fsp3) is 0.222. The molecule has 2 rings (SSSR count). The van der Waals surface area contributed by atoms with Gasteiger partial charge in [0, 0.05) is 12.6 Å². The van der Waals surface area contributed by atoms with Crippen LogP contribution in [0.2, 0.25) is 0 Å². The molecule has 0 aromatic heterocycles. The van der Waals surface area contributed by atoms with E-state index in [1.165, 1.54) is 24.0 Å². The number of carbonyl (C=O) groups is 2. The summed E-state index contributed by atoms with van der Waals surface area (Å²) in [5, 5.41) is 2.49. The zero-order valence-corrected chi connectivity index (χ0v) is 13.4. The van der Waals surface area contributed by atoms with Crippen molar-refractivity contribution in [3.8, 4) is 0 Å². The smallest absolute Gasteiger partial charge is 0.244 e. The SMILES string of the molecule is CC(=O)N(CC(=O)Nc1ccccc1F)c1cc(C)ccc1C. The van der Waals surface area contributed by atoms with Crippen LogP contribution in [0.5, 0.6) is 0 Å². The molecule has 0 bridgehead atoms. The molecule has 0 unspecified atom stereocenters. The lowest BCUT2D eigenvalue weighted by Gasteiger charge is -2.23. The van der Waals surface area contributed by atoms with Gasteiger partial charge in [-0.25, -0.2) is 4.39 Å². The second-order valence-corrected chi connectivity index (χ2v) is 5.42. The van der Waals surface area contributed by atoms with Crippen LogP contribution in [-0.2, 0) is 9.59 Å². The van der Waals surface area contributed by atoms with Crippen molar-refractivity contribution in [2.75, 3.05) is 16.8 Å². The van der Waals surface area contributed by atoms with Gasteiger partial charge in [0.1, 0.15) is 12.4 Å². The summed E-state index contributed by atoms with van der Waals surface area (Å²) in [6.07, 6.45) is 0. The number of halogens is 1. The van der Waals surface area contributed by atoms with Crippen molar-refractivity contribution in [3.05, 3.63) is 59.4 Å². The van der Waals surface area contributed by atoms with Crippen LogP contribution in [0.15, 0.2) is 42.5 Å². The maximum atomic E-state index is 13.6. The fourth-order valence-corrected chi connectivity index (χ4v) is 2.27. The summed E-state index contributed by atoms with van der Waals surface area (Å²) in [7, 11) is 0. The van der Waals surface area contributed by atoms with Gasteiger partial charge < -0.3 is 10.2 Å². The molecule has 5 heteroatoms. The molecule has 120 valence electrons. The van der Waals surface area contributed by atoms with E-state index in [0.717, 1.165) is 11.1 Å². The van der Waals surface area contributed by atoms with E-state index in [9.17, 15) is 14.0 Å². The van der Waals surface area contributed by atoms with E-state index in [2.05, 4.69) is 5.32 Å². The van der Waals surface area contributed by atoms with Gasteiger partial charge in [-0.2, -0.15) is 0 Å². The van der Waals surface area contributed by atoms with E-state index in [1.54, 1.807) is 12.1 Å². The lowest BCUT2D eigenvalue weighted by molar-refractivity contribution is -0.120. The van der Waals surface area contributed by atoms with E-state index in [1.807, 2.05) is 32.0 Å². The number of aryl methyl sites for hydroxylation is 2. The van der Waals surface area contributed by atoms with E-state index in [-0.39, 0.29) is 18.1 Å². The monoisotopic (exact) mass is 314 g/mol. The van der Waals surface area contributed by atoms with Crippen LogP contribution in [0.4, 0.5) is 15.8 Å². The highest BCUT2D eigenvalue weighted by molar-refractivity contribution is 6.02. The summed E-state index contributed by atoms with van der Waals surface area (Å²) in [5.74, 6) is -1.21. The first-order valence-corrected chi connectivity index (χ1v) is 7.28. The molecule has 0 aliphatic rings. The number of anilines is 2. The summed E-state index contributed by atoms with van der Waals surface area (Å²) in [4.78, 5) is 25.5. The van der Waals surface area contributed by atoms with Gasteiger partial charge in [0.15, 0.2) is 0 Å². The predicted molar refractivity (Wildman–Crippen MR) is 89.0 cm³/mol. The van der Waals surface area contributed by atoms with Crippen LogP contribution in [0, 0.1) is 19.7 Å². The molecule has 0 aliphatic heterocycles. The number of hydrogen-bond donors (Lipinski definition) is 1. The molecule has 2 amide bonds.